The molecule has 0 N–H and O–H groups in total. The molecule has 3 rings (SSSR count). The SMILES string of the molecule is Cc1nccn1CC(=O)N1CCC[C@H](CCc2ccc(F)cc2)C1. The Morgan fingerprint density at radius 3 is 2.83 bits per heavy atom. The second-order valence-corrected chi connectivity index (χ2v) is 6.62. The normalized spacial score (nSPS) is 17.9. The van der Waals surface area contributed by atoms with Crippen molar-refractivity contribution in [3.05, 3.63) is 53.9 Å². The summed E-state index contributed by atoms with van der Waals surface area (Å²) in [6.07, 6.45) is 7.78. The molecule has 1 amide bonds. The summed E-state index contributed by atoms with van der Waals surface area (Å²) in [7, 11) is 0. The van der Waals surface area contributed by atoms with Gasteiger partial charge in [0.25, 0.3) is 0 Å². The van der Waals surface area contributed by atoms with Crippen molar-refractivity contribution >= 4 is 5.91 Å². The molecule has 2 heterocycles. The number of carbonyl (C=O) groups is 1. The number of piperidine rings is 1. The highest BCUT2D eigenvalue weighted by Gasteiger charge is 2.23. The first-order valence-corrected chi connectivity index (χ1v) is 8.62. The van der Waals surface area contributed by atoms with Crippen molar-refractivity contribution in [1.29, 1.82) is 0 Å². The highest BCUT2D eigenvalue weighted by Crippen LogP contribution is 2.22. The molecule has 1 aliphatic rings. The molecule has 5 heteroatoms. The highest BCUT2D eigenvalue weighted by atomic mass is 19.1. The molecule has 1 fully saturated rings. The number of carbonyl (C=O) groups excluding carboxylic acids is 1. The third-order valence-corrected chi connectivity index (χ3v) is 4.86. The summed E-state index contributed by atoms with van der Waals surface area (Å²) in [5.74, 6) is 1.37. The first-order chi connectivity index (χ1) is 11.6. The van der Waals surface area contributed by atoms with Gasteiger partial charge in [0.2, 0.25) is 5.91 Å². The minimum Gasteiger partial charge on any atom is -0.341 e. The predicted octanol–water partition coefficient (Wildman–Crippen LogP) is 3.20. The number of halogens is 1. The largest absolute Gasteiger partial charge is 0.341 e. The zero-order chi connectivity index (χ0) is 16.9. The van der Waals surface area contributed by atoms with E-state index in [1.807, 2.05) is 34.7 Å². The lowest BCUT2D eigenvalue weighted by Gasteiger charge is -2.33. The molecule has 1 aliphatic heterocycles. The minimum atomic E-state index is -0.192. The standard InChI is InChI=1S/C19H24FN3O/c1-15-21-10-12-22(15)14-19(24)23-11-2-3-17(13-23)5-4-16-6-8-18(20)9-7-16/h6-10,12,17H,2-5,11,13-14H2,1H3/t17-/m1/s1. The molecule has 0 spiro atoms. The van der Waals surface area contributed by atoms with Crippen LogP contribution in [0.4, 0.5) is 4.39 Å². The molecule has 0 bridgehead atoms. The van der Waals surface area contributed by atoms with E-state index in [0.29, 0.717) is 12.5 Å². The number of likely N-dealkylation sites (tertiary alicyclic amines) is 1. The van der Waals surface area contributed by atoms with Gasteiger partial charge in [-0.15, -0.1) is 0 Å². The Morgan fingerprint density at radius 2 is 2.12 bits per heavy atom. The number of benzene rings is 1. The molecular weight excluding hydrogens is 305 g/mol. The molecule has 4 nitrogen and oxygen atoms in total. The third kappa shape index (κ3) is 4.22. The maximum atomic E-state index is 13.0. The Balaban J connectivity index is 1.51. The average molecular weight is 329 g/mol. The molecule has 1 aromatic heterocycles. The molecule has 128 valence electrons. The highest BCUT2D eigenvalue weighted by molar-refractivity contribution is 5.76. The number of imidazole rings is 1. The molecule has 1 aromatic carbocycles. The predicted molar refractivity (Wildman–Crippen MR) is 91.0 cm³/mol. The first kappa shape index (κ1) is 16.7. The first-order valence-electron chi connectivity index (χ1n) is 8.62. The van der Waals surface area contributed by atoms with Crippen LogP contribution in [0.2, 0.25) is 0 Å². The fourth-order valence-corrected chi connectivity index (χ4v) is 3.37. The van der Waals surface area contributed by atoms with Crippen molar-refractivity contribution < 1.29 is 9.18 Å². The number of nitrogens with zero attached hydrogens (tertiary/aromatic N) is 3. The maximum Gasteiger partial charge on any atom is 0.242 e. The lowest BCUT2D eigenvalue weighted by molar-refractivity contribution is -0.133. The number of hydrogen-bond acceptors (Lipinski definition) is 2. The van der Waals surface area contributed by atoms with E-state index >= 15 is 0 Å². The molecular formula is C19H24FN3O. The van der Waals surface area contributed by atoms with Crippen molar-refractivity contribution in [3.8, 4) is 0 Å². The quantitative estimate of drug-likeness (QED) is 0.845. The van der Waals surface area contributed by atoms with Gasteiger partial charge in [0, 0.05) is 25.5 Å². The van der Waals surface area contributed by atoms with Crippen LogP contribution >= 0.6 is 0 Å². The number of rotatable bonds is 5. The van der Waals surface area contributed by atoms with E-state index in [0.717, 1.165) is 50.2 Å². The zero-order valence-electron chi connectivity index (χ0n) is 14.1. The van der Waals surface area contributed by atoms with Crippen LogP contribution in [0.3, 0.4) is 0 Å². The lowest BCUT2D eigenvalue weighted by Crippen LogP contribution is -2.41. The van der Waals surface area contributed by atoms with Crippen LogP contribution in [-0.2, 0) is 17.8 Å². The van der Waals surface area contributed by atoms with E-state index in [9.17, 15) is 9.18 Å². The van der Waals surface area contributed by atoms with Crippen LogP contribution in [0.25, 0.3) is 0 Å². The topological polar surface area (TPSA) is 38.1 Å². The smallest absolute Gasteiger partial charge is 0.242 e. The third-order valence-electron chi connectivity index (χ3n) is 4.86. The van der Waals surface area contributed by atoms with Gasteiger partial charge in [0.1, 0.15) is 18.2 Å². The Morgan fingerprint density at radius 1 is 1.33 bits per heavy atom. The van der Waals surface area contributed by atoms with Gasteiger partial charge in [-0.05, 0) is 56.2 Å². The Kier molecular flexibility index (Phi) is 5.28. The van der Waals surface area contributed by atoms with Crippen LogP contribution < -0.4 is 0 Å². The summed E-state index contributed by atoms with van der Waals surface area (Å²) in [5, 5.41) is 0. The van der Waals surface area contributed by atoms with Gasteiger partial charge in [-0.25, -0.2) is 9.37 Å². The fourth-order valence-electron chi connectivity index (χ4n) is 3.37. The van der Waals surface area contributed by atoms with E-state index in [2.05, 4.69) is 4.98 Å². The maximum absolute atomic E-state index is 13.0. The average Bonchev–Trinajstić information content (AvgIpc) is 2.99. The number of amides is 1. The van der Waals surface area contributed by atoms with Gasteiger partial charge in [-0.3, -0.25) is 4.79 Å². The van der Waals surface area contributed by atoms with Crippen LogP contribution in [0, 0.1) is 18.7 Å². The molecule has 2 aromatic rings. The summed E-state index contributed by atoms with van der Waals surface area (Å²) >= 11 is 0. The number of aromatic nitrogens is 2. The molecule has 0 radical (unpaired) electrons. The van der Waals surface area contributed by atoms with E-state index in [4.69, 9.17) is 0 Å². The zero-order valence-corrected chi connectivity index (χ0v) is 14.1. The van der Waals surface area contributed by atoms with Crippen LogP contribution in [0.5, 0.6) is 0 Å². The molecule has 1 saturated heterocycles. The Hall–Kier alpha value is -2.17. The fraction of sp³-hybridized carbons (Fsp3) is 0.474. The molecule has 0 saturated carbocycles. The van der Waals surface area contributed by atoms with Gasteiger partial charge in [-0.2, -0.15) is 0 Å². The van der Waals surface area contributed by atoms with E-state index < -0.39 is 0 Å². The van der Waals surface area contributed by atoms with Crippen LogP contribution in [-0.4, -0.2) is 33.4 Å². The molecule has 0 unspecified atom stereocenters. The van der Waals surface area contributed by atoms with Crippen molar-refractivity contribution in [1.82, 2.24) is 14.5 Å². The van der Waals surface area contributed by atoms with Crippen LogP contribution in [0.15, 0.2) is 36.7 Å². The summed E-state index contributed by atoms with van der Waals surface area (Å²) in [5.41, 5.74) is 1.16. The van der Waals surface area contributed by atoms with Crippen molar-refractivity contribution in [2.24, 2.45) is 5.92 Å². The number of hydrogen-bond donors (Lipinski definition) is 0. The molecule has 0 aliphatic carbocycles. The lowest BCUT2D eigenvalue weighted by atomic mass is 9.91. The van der Waals surface area contributed by atoms with E-state index in [1.54, 1.807) is 6.20 Å². The second kappa shape index (κ2) is 7.60. The van der Waals surface area contributed by atoms with Gasteiger partial charge in [0.05, 0.1) is 0 Å². The van der Waals surface area contributed by atoms with Gasteiger partial charge in [0.15, 0.2) is 0 Å². The van der Waals surface area contributed by atoms with Gasteiger partial charge >= 0.3 is 0 Å². The van der Waals surface area contributed by atoms with E-state index in [-0.39, 0.29) is 11.7 Å². The van der Waals surface area contributed by atoms with Crippen LogP contribution in [0.1, 0.15) is 30.7 Å². The van der Waals surface area contributed by atoms with Crippen molar-refractivity contribution in [3.63, 3.8) is 0 Å². The Bertz CT molecular complexity index is 680. The summed E-state index contributed by atoms with van der Waals surface area (Å²) in [4.78, 5) is 18.7. The minimum absolute atomic E-state index is 0.169. The molecule has 24 heavy (non-hydrogen) atoms. The second-order valence-electron chi connectivity index (χ2n) is 6.62. The van der Waals surface area contributed by atoms with Gasteiger partial charge < -0.3 is 9.47 Å². The van der Waals surface area contributed by atoms with E-state index in [1.165, 1.54) is 12.1 Å². The number of aryl methyl sites for hydroxylation is 2. The van der Waals surface area contributed by atoms with Crippen molar-refractivity contribution in [2.45, 2.75) is 39.2 Å². The van der Waals surface area contributed by atoms with Crippen molar-refractivity contribution in [2.75, 3.05) is 13.1 Å². The summed E-state index contributed by atoms with van der Waals surface area (Å²) < 4.78 is 14.8. The monoisotopic (exact) mass is 329 g/mol. The van der Waals surface area contributed by atoms with Gasteiger partial charge in [-0.1, -0.05) is 12.1 Å². The summed E-state index contributed by atoms with van der Waals surface area (Å²) in [6, 6.07) is 6.73. The Labute approximate surface area is 142 Å². The summed E-state index contributed by atoms with van der Waals surface area (Å²) in [6.45, 7) is 3.96. The molecule has 1 atom stereocenters.